The Morgan fingerprint density at radius 2 is 1.83 bits per heavy atom. The second-order valence-electron chi connectivity index (χ2n) is 4.48. The third-order valence-corrected chi connectivity index (χ3v) is 3.20. The molecule has 1 aromatic rings. The summed E-state index contributed by atoms with van der Waals surface area (Å²) in [6, 6.07) is 12.3. The van der Waals surface area contributed by atoms with Crippen molar-refractivity contribution < 1.29 is 4.79 Å². The van der Waals surface area contributed by atoms with Gasteiger partial charge in [0, 0.05) is 32.7 Å². The van der Waals surface area contributed by atoms with Crippen molar-refractivity contribution in [2.75, 3.05) is 26.2 Å². The number of carbonyl (C=O) groups excluding carboxylic acids is 1. The Balaban J connectivity index is 1.81. The Morgan fingerprint density at radius 1 is 1.17 bits per heavy atom. The van der Waals surface area contributed by atoms with Crippen LogP contribution in [0.3, 0.4) is 0 Å². The SMILES string of the molecule is N#CCC(=O)N1CCN(Cc2ccccc2)CC1. The normalized spacial score (nSPS) is 16.3. The van der Waals surface area contributed by atoms with Crippen LogP contribution in [0.2, 0.25) is 0 Å². The third-order valence-electron chi connectivity index (χ3n) is 3.20. The average molecular weight is 243 g/mol. The standard InChI is InChI=1S/C14H17N3O/c15-7-6-14(18)17-10-8-16(9-11-17)12-13-4-2-1-3-5-13/h1-5H,6,8-12H2. The predicted molar refractivity (Wildman–Crippen MR) is 68.5 cm³/mol. The largest absolute Gasteiger partial charge is 0.339 e. The van der Waals surface area contributed by atoms with Crippen LogP contribution in [0.5, 0.6) is 0 Å². The number of benzene rings is 1. The molecule has 1 saturated heterocycles. The molecule has 18 heavy (non-hydrogen) atoms. The molecule has 94 valence electrons. The van der Waals surface area contributed by atoms with E-state index >= 15 is 0 Å². The van der Waals surface area contributed by atoms with E-state index in [-0.39, 0.29) is 12.3 Å². The summed E-state index contributed by atoms with van der Waals surface area (Å²) in [5.41, 5.74) is 1.30. The Bertz CT molecular complexity index is 430. The minimum absolute atomic E-state index is 0.00130. The van der Waals surface area contributed by atoms with Crippen LogP contribution in [0, 0.1) is 11.3 Å². The molecule has 1 heterocycles. The molecule has 1 aliphatic rings. The van der Waals surface area contributed by atoms with Crippen molar-refractivity contribution in [3.05, 3.63) is 35.9 Å². The molecule has 4 heteroatoms. The number of carbonyl (C=O) groups is 1. The number of hydrogen-bond donors (Lipinski definition) is 0. The number of hydrogen-bond acceptors (Lipinski definition) is 3. The Hall–Kier alpha value is -1.86. The van der Waals surface area contributed by atoms with Gasteiger partial charge in [-0.15, -0.1) is 0 Å². The molecule has 0 aromatic heterocycles. The van der Waals surface area contributed by atoms with Gasteiger partial charge in [-0.05, 0) is 5.56 Å². The first kappa shape index (κ1) is 12.6. The molecular formula is C14H17N3O. The van der Waals surface area contributed by atoms with E-state index < -0.39 is 0 Å². The van der Waals surface area contributed by atoms with Gasteiger partial charge in [-0.2, -0.15) is 5.26 Å². The molecule has 0 radical (unpaired) electrons. The summed E-state index contributed by atoms with van der Waals surface area (Å²) in [5.74, 6) is -0.0446. The van der Waals surface area contributed by atoms with Crippen molar-refractivity contribution in [2.45, 2.75) is 13.0 Å². The van der Waals surface area contributed by atoms with E-state index in [0.717, 1.165) is 32.7 Å². The van der Waals surface area contributed by atoms with Gasteiger partial charge >= 0.3 is 0 Å². The van der Waals surface area contributed by atoms with Gasteiger partial charge < -0.3 is 4.90 Å². The zero-order chi connectivity index (χ0) is 12.8. The summed E-state index contributed by atoms with van der Waals surface area (Å²) in [7, 11) is 0. The molecular weight excluding hydrogens is 226 g/mol. The first-order valence-corrected chi connectivity index (χ1v) is 6.20. The van der Waals surface area contributed by atoms with Gasteiger partial charge in [0.2, 0.25) is 5.91 Å². The average Bonchev–Trinajstić information content (AvgIpc) is 2.41. The number of piperazine rings is 1. The monoisotopic (exact) mass is 243 g/mol. The lowest BCUT2D eigenvalue weighted by atomic mass is 10.2. The highest BCUT2D eigenvalue weighted by Crippen LogP contribution is 2.08. The van der Waals surface area contributed by atoms with Gasteiger partial charge in [0.25, 0.3) is 0 Å². The lowest BCUT2D eigenvalue weighted by Gasteiger charge is -2.34. The first-order chi connectivity index (χ1) is 8.79. The lowest BCUT2D eigenvalue weighted by Crippen LogP contribution is -2.48. The zero-order valence-corrected chi connectivity index (χ0v) is 10.4. The Labute approximate surface area is 107 Å². The van der Waals surface area contributed by atoms with E-state index in [2.05, 4.69) is 17.0 Å². The molecule has 0 aliphatic carbocycles. The highest BCUT2D eigenvalue weighted by molar-refractivity contribution is 5.78. The van der Waals surface area contributed by atoms with E-state index in [1.807, 2.05) is 24.3 Å². The Morgan fingerprint density at radius 3 is 2.44 bits per heavy atom. The fourth-order valence-electron chi connectivity index (χ4n) is 2.18. The number of rotatable bonds is 3. The van der Waals surface area contributed by atoms with Crippen LogP contribution >= 0.6 is 0 Å². The molecule has 1 aliphatic heterocycles. The van der Waals surface area contributed by atoms with E-state index in [9.17, 15) is 4.79 Å². The number of amides is 1. The van der Waals surface area contributed by atoms with Gasteiger partial charge in [-0.25, -0.2) is 0 Å². The van der Waals surface area contributed by atoms with Crippen LogP contribution in [-0.4, -0.2) is 41.9 Å². The highest BCUT2D eigenvalue weighted by Gasteiger charge is 2.20. The van der Waals surface area contributed by atoms with Crippen LogP contribution < -0.4 is 0 Å². The summed E-state index contributed by atoms with van der Waals surface area (Å²) in [6.07, 6.45) is -0.00130. The van der Waals surface area contributed by atoms with Crippen LogP contribution in [-0.2, 0) is 11.3 Å². The maximum Gasteiger partial charge on any atom is 0.236 e. The second kappa shape index (κ2) is 6.18. The summed E-state index contributed by atoms with van der Waals surface area (Å²) >= 11 is 0. The van der Waals surface area contributed by atoms with Crippen molar-refractivity contribution in [3.8, 4) is 6.07 Å². The molecule has 0 bridgehead atoms. The molecule has 2 rings (SSSR count). The van der Waals surface area contributed by atoms with Crippen molar-refractivity contribution in [2.24, 2.45) is 0 Å². The summed E-state index contributed by atoms with van der Waals surface area (Å²) in [5, 5.41) is 8.51. The molecule has 0 atom stereocenters. The molecule has 0 saturated carbocycles. The van der Waals surface area contributed by atoms with E-state index in [0.29, 0.717) is 0 Å². The van der Waals surface area contributed by atoms with Gasteiger partial charge in [0.15, 0.2) is 0 Å². The minimum Gasteiger partial charge on any atom is -0.339 e. The van der Waals surface area contributed by atoms with E-state index in [1.54, 1.807) is 4.90 Å². The molecule has 1 amide bonds. The second-order valence-corrected chi connectivity index (χ2v) is 4.48. The van der Waals surface area contributed by atoms with Gasteiger partial charge in [-0.3, -0.25) is 9.69 Å². The molecule has 0 N–H and O–H groups in total. The predicted octanol–water partition coefficient (Wildman–Crippen LogP) is 1.24. The highest BCUT2D eigenvalue weighted by atomic mass is 16.2. The molecule has 0 unspecified atom stereocenters. The van der Waals surface area contributed by atoms with Crippen molar-refractivity contribution in [1.82, 2.24) is 9.80 Å². The van der Waals surface area contributed by atoms with Crippen molar-refractivity contribution in [1.29, 1.82) is 5.26 Å². The fourth-order valence-corrected chi connectivity index (χ4v) is 2.18. The molecule has 0 spiro atoms. The summed E-state index contributed by atoms with van der Waals surface area (Å²) in [6.45, 7) is 4.15. The van der Waals surface area contributed by atoms with Crippen molar-refractivity contribution >= 4 is 5.91 Å². The number of nitrogens with zero attached hydrogens (tertiary/aromatic N) is 3. The van der Waals surface area contributed by atoms with Crippen LogP contribution in [0.1, 0.15) is 12.0 Å². The van der Waals surface area contributed by atoms with Crippen LogP contribution in [0.4, 0.5) is 0 Å². The molecule has 1 fully saturated rings. The Kier molecular flexibility index (Phi) is 4.32. The minimum atomic E-state index is -0.0446. The van der Waals surface area contributed by atoms with E-state index in [1.165, 1.54) is 5.56 Å². The van der Waals surface area contributed by atoms with Crippen LogP contribution in [0.25, 0.3) is 0 Å². The van der Waals surface area contributed by atoms with E-state index in [4.69, 9.17) is 5.26 Å². The number of nitriles is 1. The molecule has 1 aromatic carbocycles. The third kappa shape index (κ3) is 3.31. The zero-order valence-electron chi connectivity index (χ0n) is 10.4. The van der Waals surface area contributed by atoms with Gasteiger partial charge in [0.1, 0.15) is 6.42 Å². The van der Waals surface area contributed by atoms with Crippen molar-refractivity contribution in [3.63, 3.8) is 0 Å². The summed E-state index contributed by atoms with van der Waals surface area (Å²) in [4.78, 5) is 15.7. The lowest BCUT2D eigenvalue weighted by molar-refractivity contribution is -0.131. The van der Waals surface area contributed by atoms with Gasteiger partial charge in [-0.1, -0.05) is 30.3 Å². The summed E-state index contributed by atoms with van der Waals surface area (Å²) < 4.78 is 0. The maximum absolute atomic E-state index is 11.5. The quantitative estimate of drug-likeness (QED) is 0.802. The fraction of sp³-hybridized carbons (Fsp3) is 0.429. The van der Waals surface area contributed by atoms with Crippen LogP contribution in [0.15, 0.2) is 30.3 Å². The topological polar surface area (TPSA) is 47.3 Å². The smallest absolute Gasteiger partial charge is 0.236 e. The molecule has 4 nitrogen and oxygen atoms in total. The van der Waals surface area contributed by atoms with Gasteiger partial charge in [0.05, 0.1) is 6.07 Å². The first-order valence-electron chi connectivity index (χ1n) is 6.20. The maximum atomic E-state index is 11.5.